The van der Waals surface area contributed by atoms with E-state index in [4.69, 9.17) is 14.4 Å². The van der Waals surface area contributed by atoms with Crippen LogP contribution in [-0.2, 0) is 10.0 Å². The zero-order valence-corrected chi connectivity index (χ0v) is 16.3. The molecule has 0 spiro atoms. The maximum atomic E-state index is 13.2. The highest BCUT2D eigenvalue weighted by Gasteiger charge is 2.34. The highest BCUT2D eigenvalue weighted by molar-refractivity contribution is 7.89. The molecule has 8 nitrogen and oxygen atoms in total. The first-order valence-corrected chi connectivity index (χ1v) is 10.6. The summed E-state index contributed by atoms with van der Waals surface area (Å²) < 4.78 is 39.0. The topological polar surface area (TPSA) is 109 Å². The highest BCUT2D eigenvalue weighted by atomic mass is 32.2. The zero-order valence-electron chi connectivity index (χ0n) is 15.4. The van der Waals surface area contributed by atoms with Crippen LogP contribution in [-0.4, -0.2) is 43.0 Å². The minimum absolute atomic E-state index is 0. The number of furan rings is 1. The van der Waals surface area contributed by atoms with E-state index in [-0.39, 0.29) is 42.7 Å². The summed E-state index contributed by atoms with van der Waals surface area (Å²) in [6.07, 6.45) is 2.33. The summed E-state index contributed by atoms with van der Waals surface area (Å²) in [6.45, 7) is 0.520. The van der Waals surface area contributed by atoms with Crippen molar-refractivity contribution < 1.29 is 27.6 Å². The van der Waals surface area contributed by atoms with Gasteiger partial charge in [0.25, 0.3) is 5.91 Å². The molecule has 4 rings (SSSR count). The molecule has 2 heterocycles. The maximum absolute atomic E-state index is 13.2. The zero-order chi connectivity index (χ0) is 20.4. The number of hydrogen-bond acceptors (Lipinski definition) is 6. The number of carbonyl (C=O) groups is 1. The van der Waals surface area contributed by atoms with Crippen molar-refractivity contribution >= 4 is 26.9 Å². The average molecular weight is 432 g/mol. The number of sulfonamides is 1. The van der Waals surface area contributed by atoms with Gasteiger partial charge in [0.15, 0.2) is 0 Å². The third-order valence-electron chi connectivity index (χ3n) is 4.98. The molecule has 1 fully saturated rings. The van der Waals surface area contributed by atoms with Crippen LogP contribution in [0.4, 0.5) is 0 Å². The van der Waals surface area contributed by atoms with E-state index in [0.717, 1.165) is 5.75 Å². The second-order valence-electron chi connectivity index (χ2n) is 6.75. The summed E-state index contributed by atoms with van der Waals surface area (Å²) >= 11 is 0. The summed E-state index contributed by atoms with van der Waals surface area (Å²) in [4.78, 5) is 12.0. The molecule has 3 aromatic rings. The van der Waals surface area contributed by atoms with E-state index in [1.807, 2.05) is 30.3 Å². The Kier molecular flexibility index (Phi) is 6.45. The van der Waals surface area contributed by atoms with Crippen molar-refractivity contribution in [3.8, 4) is 5.75 Å². The van der Waals surface area contributed by atoms with Crippen LogP contribution in [0, 0.1) is 0 Å². The fourth-order valence-electron chi connectivity index (χ4n) is 3.52. The number of hydroxylamine groups is 1. The van der Waals surface area contributed by atoms with Crippen molar-refractivity contribution in [1.82, 2.24) is 9.79 Å². The highest BCUT2D eigenvalue weighted by Crippen LogP contribution is 2.30. The molecular weight excluding hydrogens is 408 g/mol. The maximum Gasteiger partial charge on any atom is 0.279 e. The molecule has 0 saturated carbocycles. The van der Waals surface area contributed by atoms with Gasteiger partial charge in [-0.3, -0.25) is 10.0 Å². The van der Waals surface area contributed by atoms with Crippen molar-refractivity contribution in [2.45, 2.75) is 31.3 Å². The van der Waals surface area contributed by atoms with Gasteiger partial charge >= 0.3 is 0 Å². The first-order valence-electron chi connectivity index (χ1n) is 9.17. The largest absolute Gasteiger partial charge is 0.490 e. The van der Waals surface area contributed by atoms with Crippen LogP contribution in [0.5, 0.6) is 5.75 Å². The molecule has 0 bridgehead atoms. The summed E-state index contributed by atoms with van der Waals surface area (Å²) in [5, 5.41) is 9.66. The molecule has 9 heteroatoms. The van der Waals surface area contributed by atoms with Gasteiger partial charge in [-0.2, -0.15) is 4.31 Å². The SMILES string of the molecule is C.O=C(NO)c1c(S(=O)(=O)N2CCC(Oc3ccccc3)CC2)ccc2ccoc12. The minimum Gasteiger partial charge on any atom is -0.490 e. The van der Waals surface area contributed by atoms with Crippen LogP contribution in [0.3, 0.4) is 0 Å². The van der Waals surface area contributed by atoms with Gasteiger partial charge in [-0.25, -0.2) is 13.9 Å². The molecule has 2 N–H and O–H groups in total. The Hall–Kier alpha value is -2.88. The predicted octanol–water partition coefficient (Wildman–Crippen LogP) is 3.42. The van der Waals surface area contributed by atoms with Gasteiger partial charge in [-0.15, -0.1) is 0 Å². The van der Waals surface area contributed by atoms with Gasteiger partial charge in [0, 0.05) is 18.5 Å². The second kappa shape index (κ2) is 8.86. The van der Waals surface area contributed by atoms with Crippen LogP contribution in [0.1, 0.15) is 30.6 Å². The Balaban J connectivity index is 0.00000256. The van der Waals surface area contributed by atoms with Gasteiger partial charge in [-0.1, -0.05) is 25.6 Å². The van der Waals surface area contributed by atoms with Gasteiger partial charge in [0.1, 0.15) is 23.0 Å². The molecule has 1 amide bonds. The average Bonchev–Trinajstić information content (AvgIpc) is 3.22. The van der Waals surface area contributed by atoms with Crippen LogP contribution in [0.2, 0.25) is 0 Å². The molecule has 30 heavy (non-hydrogen) atoms. The number of hydrogen-bond donors (Lipinski definition) is 2. The van der Waals surface area contributed by atoms with Gasteiger partial charge < -0.3 is 9.15 Å². The van der Waals surface area contributed by atoms with E-state index in [1.54, 1.807) is 12.1 Å². The number of benzene rings is 2. The molecule has 0 aliphatic carbocycles. The van der Waals surface area contributed by atoms with Crippen LogP contribution in [0.25, 0.3) is 11.0 Å². The summed E-state index contributed by atoms with van der Waals surface area (Å²) in [5.74, 6) is -0.189. The van der Waals surface area contributed by atoms with Gasteiger partial charge in [0.2, 0.25) is 10.0 Å². The lowest BCUT2D eigenvalue weighted by Gasteiger charge is -2.31. The van der Waals surface area contributed by atoms with E-state index in [9.17, 15) is 13.2 Å². The Morgan fingerprint density at radius 1 is 1.10 bits per heavy atom. The number of rotatable bonds is 5. The number of ether oxygens (including phenoxy) is 1. The van der Waals surface area contributed by atoms with Crippen molar-refractivity contribution in [2.24, 2.45) is 0 Å². The molecule has 1 aliphatic rings. The van der Waals surface area contributed by atoms with Crippen molar-refractivity contribution in [2.75, 3.05) is 13.1 Å². The number of piperidine rings is 1. The number of amides is 1. The van der Waals surface area contributed by atoms with Crippen molar-refractivity contribution in [1.29, 1.82) is 0 Å². The fraction of sp³-hybridized carbons (Fsp3) is 0.286. The molecule has 2 aromatic carbocycles. The lowest BCUT2D eigenvalue weighted by Crippen LogP contribution is -2.42. The quantitative estimate of drug-likeness (QED) is 0.472. The lowest BCUT2D eigenvalue weighted by atomic mass is 10.1. The molecule has 1 aliphatic heterocycles. The number of fused-ring (bicyclic) bond motifs is 1. The van der Waals surface area contributed by atoms with E-state index in [0.29, 0.717) is 18.2 Å². The second-order valence-corrected chi connectivity index (χ2v) is 8.66. The molecule has 0 unspecified atom stereocenters. The smallest absolute Gasteiger partial charge is 0.279 e. The number of carbonyl (C=O) groups excluding carboxylic acids is 1. The summed E-state index contributed by atoms with van der Waals surface area (Å²) in [6, 6.07) is 13.9. The first-order chi connectivity index (χ1) is 14.0. The van der Waals surface area contributed by atoms with E-state index >= 15 is 0 Å². The number of nitrogens with one attached hydrogen (secondary N) is 1. The Labute approximate surface area is 175 Å². The van der Waals surface area contributed by atoms with E-state index in [1.165, 1.54) is 22.1 Å². The van der Waals surface area contributed by atoms with Crippen LogP contribution in [0.15, 0.2) is 64.1 Å². The van der Waals surface area contributed by atoms with Crippen LogP contribution >= 0.6 is 0 Å². The third kappa shape index (κ3) is 4.04. The van der Waals surface area contributed by atoms with Gasteiger partial charge in [0.05, 0.1) is 11.2 Å². The van der Waals surface area contributed by atoms with Crippen molar-refractivity contribution in [3.05, 3.63) is 60.4 Å². The monoisotopic (exact) mass is 432 g/mol. The fourth-order valence-corrected chi connectivity index (χ4v) is 5.17. The predicted molar refractivity (Wildman–Crippen MR) is 111 cm³/mol. The molecule has 1 saturated heterocycles. The normalized spacial score (nSPS) is 15.5. The Bertz CT molecular complexity index is 1120. The lowest BCUT2D eigenvalue weighted by molar-refractivity contribution is 0.0703. The summed E-state index contributed by atoms with van der Waals surface area (Å²) in [5.41, 5.74) is 1.41. The van der Waals surface area contributed by atoms with Gasteiger partial charge in [-0.05, 0) is 43.2 Å². The first kappa shape index (κ1) is 21.8. The molecule has 0 atom stereocenters. The van der Waals surface area contributed by atoms with E-state index < -0.39 is 15.9 Å². The molecule has 0 radical (unpaired) electrons. The van der Waals surface area contributed by atoms with Crippen LogP contribution < -0.4 is 10.2 Å². The third-order valence-corrected chi connectivity index (χ3v) is 6.92. The van der Waals surface area contributed by atoms with E-state index in [2.05, 4.69) is 0 Å². The molecule has 1 aromatic heterocycles. The summed E-state index contributed by atoms with van der Waals surface area (Å²) in [7, 11) is -3.97. The standard InChI is InChI=1S/C20H20N2O6S.CH4/c23-20(21-24)18-17(7-6-14-10-13-27-19(14)18)29(25,26)22-11-8-16(9-12-22)28-15-4-2-1-3-5-15;/h1-7,10,13,16,24H,8-9,11-12H2,(H,21,23);1H4. The molecule has 160 valence electrons. The Morgan fingerprint density at radius 2 is 1.80 bits per heavy atom. The number of nitrogens with zero attached hydrogens (tertiary/aromatic N) is 1. The van der Waals surface area contributed by atoms with Crippen molar-refractivity contribution in [3.63, 3.8) is 0 Å². The molecular formula is C21H24N2O6S. The Morgan fingerprint density at radius 3 is 2.47 bits per heavy atom. The number of para-hydroxylation sites is 1. The minimum atomic E-state index is -3.97.